The third kappa shape index (κ3) is 2.50. The highest BCUT2D eigenvalue weighted by molar-refractivity contribution is 5.92. The number of amides is 1. The number of hydrogen-bond donors (Lipinski definition) is 1. The van der Waals surface area contributed by atoms with Gasteiger partial charge in [-0.3, -0.25) is 4.79 Å². The molecule has 5 nitrogen and oxygen atoms in total. The molecule has 1 fully saturated rings. The fraction of sp³-hybridized carbons (Fsp3) is 0.368. The standard InChI is InChI=1S/C19H22N4O/c1-13-6-3-8-15-17(13)21-18(20-15)14-7-4-11-23(12-14)19(24)16-9-5-10-22(16)2/h3,5-6,8-10,14H,4,7,11-12H2,1-2H3,(H,20,21)/t14-/m0/s1. The van der Waals surface area contributed by atoms with E-state index in [1.54, 1.807) is 0 Å². The van der Waals surface area contributed by atoms with E-state index in [0.717, 1.165) is 48.5 Å². The summed E-state index contributed by atoms with van der Waals surface area (Å²) in [6.45, 7) is 3.63. The summed E-state index contributed by atoms with van der Waals surface area (Å²) in [4.78, 5) is 23.0. The molecule has 0 radical (unpaired) electrons. The zero-order valence-corrected chi connectivity index (χ0v) is 14.1. The first-order valence-corrected chi connectivity index (χ1v) is 8.49. The Hall–Kier alpha value is -2.56. The fourth-order valence-electron chi connectivity index (χ4n) is 3.62. The molecule has 1 atom stereocenters. The Balaban J connectivity index is 1.59. The molecule has 5 heteroatoms. The van der Waals surface area contributed by atoms with Crippen LogP contribution < -0.4 is 0 Å². The maximum atomic E-state index is 12.8. The molecular formula is C19H22N4O. The smallest absolute Gasteiger partial charge is 0.270 e. The van der Waals surface area contributed by atoms with E-state index in [0.29, 0.717) is 0 Å². The van der Waals surface area contributed by atoms with Crippen LogP contribution in [-0.4, -0.2) is 38.4 Å². The Morgan fingerprint density at radius 3 is 2.92 bits per heavy atom. The van der Waals surface area contributed by atoms with Crippen molar-refractivity contribution in [3.8, 4) is 0 Å². The number of benzene rings is 1. The molecule has 3 aromatic rings. The van der Waals surface area contributed by atoms with Gasteiger partial charge in [0.25, 0.3) is 5.91 Å². The van der Waals surface area contributed by atoms with E-state index in [9.17, 15) is 4.79 Å². The summed E-state index contributed by atoms with van der Waals surface area (Å²) in [6.07, 6.45) is 3.99. The van der Waals surface area contributed by atoms with E-state index in [1.807, 2.05) is 40.9 Å². The summed E-state index contributed by atoms with van der Waals surface area (Å²) < 4.78 is 1.89. The lowest BCUT2D eigenvalue weighted by Gasteiger charge is -2.32. The van der Waals surface area contributed by atoms with Crippen molar-refractivity contribution in [2.75, 3.05) is 13.1 Å². The lowest BCUT2D eigenvalue weighted by molar-refractivity contribution is 0.0695. The van der Waals surface area contributed by atoms with Crippen molar-refractivity contribution in [2.24, 2.45) is 7.05 Å². The molecule has 0 saturated carbocycles. The van der Waals surface area contributed by atoms with E-state index in [2.05, 4.69) is 24.0 Å². The van der Waals surface area contributed by atoms with Crippen LogP contribution in [0.25, 0.3) is 11.0 Å². The normalized spacial score (nSPS) is 18.2. The van der Waals surface area contributed by atoms with Crippen LogP contribution in [0.2, 0.25) is 0 Å². The minimum Gasteiger partial charge on any atom is -0.347 e. The Bertz CT molecular complexity index is 892. The van der Waals surface area contributed by atoms with Gasteiger partial charge in [0.15, 0.2) is 0 Å². The first kappa shape index (κ1) is 15.0. The van der Waals surface area contributed by atoms with Crippen LogP contribution in [0.5, 0.6) is 0 Å². The van der Waals surface area contributed by atoms with Gasteiger partial charge in [-0.25, -0.2) is 4.98 Å². The molecule has 1 N–H and O–H groups in total. The minimum atomic E-state index is 0.111. The van der Waals surface area contributed by atoms with Crippen LogP contribution in [0.15, 0.2) is 36.5 Å². The van der Waals surface area contributed by atoms with Gasteiger partial charge in [-0.05, 0) is 43.5 Å². The molecule has 3 heterocycles. The fourth-order valence-corrected chi connectivity index (χ4v) is 3.62. The summed E-state index contributed by atoms with van der Waals surface area (Å²) in [6, 6.07) is 9.99. The molecule has 1 amide bonds. The average molecular weight is 322 g/mol. The van der Waals surface area contributed by atoms with Gasteiger partial charge in [-0.1, -0.05) is 12.1 Å². The topological polar surface area (TPSA) is 53.9 Å². The Morgan fingerprint density at radius 1 is 1.29 bits per heavy atom. The number of para-hydroxylation sites is 1. The van der Waals surface area contributed by atoms with Crippen LogP contribution in [-0.2, 0) is 7.05 Å². The van der Waals surface area contributed by atoms with Crippen LogP contribution in [0.4, 0.5) is 0 Å². The number of carbonyl (C=O) groups excluding carboxylic acids is 1. The maximum Gasteiger partial charge on any atom is 0.270 e. The summed E-state index contributed by atoms with van der Waals surface area (Å²) in [7, 11) is 1.91. The number of imidazole rings is 1. The average Bonchev–Trinajstić information content (AvgIpc) is 3.21. The Kier molecular flexibility index (Phi) is 3.63. The zero-order chi connectivity index (χ0) is 16.7. The summed E-state index contributed by atoms with van der Waals surface area (Å²) in [5, 5.41) is 0. The first-order chi connectivity index (χ1) is 11.6. The molecule has 1 aromatic carbocycles. The molecule has 1 saturated heterocycles. The van der Waals surface area contributed by atoms with Crippen LogP contribution in [0.3, 0.4) is 0 Å². The van der Waals surface area contributed by atoms with Gasteiger partial charge in [-0.2, -0.15) is 0 Å². The highest BCUT2D eigenvalue weighted by Crippen LogP contribution is 2.28. The van der Waals surface area contributed by atoms with Gasteiger partial charge in [0.1, 0.15) is 11.5 Å². The van der Waals surface area contributed by atoms with Crippen molar-refractivity contribution in [3.63, 3.8) is 0 Å². The van der Waals surface area contributed by atoms with Crippen LogP contribution in [0, 0.1) is 6.92 Å². The van der Waals surface area contributed by atoms with Gasteiger partial charge in [0, 0.05) is 32.3 Å². The van der Waals surface area contributed by atoms with Crippen molar-refractivity contribution in [3.05, 3.63) is 53.6 Å². The molecule has 2 aromatic heterocycles. The van der Waals surface area contributed by atoms with Crippen molar-refractivity contribution in [1.82, 2.24) is 19.4 Å². The van der Waals surface area contributed by atoms with E-state index in [1.165, 1.54) is 5.56 Å². The second kappa shape index (κ2) is 5.82. The van der Waals surface area contributed by atoms with Crippen molar-refractivity contribution in [1.29, 1.82) is 0 Å². The lowest BCUT2D eigenvalue weighted by atomic mass is 9.97. The molecule has 0 unspecified atom stereocenters. The number of hydrogen-bond acceptors (Lipinski definition) is 2. The number of H-pyrrole nitrogens is 1. The largest absolute Gasteiger partial charge is 0.347 e. The molecule has 124 valence electrons. The number of aromatic nitrogens is 3. The van der Waals surface area contributed by atoms with Gasteiger partial charge in [0.2, 0.25) is 0 Å². The predicted octanol–water partition coefficient (Wildman–Crippen LogP) is 3.23. The molecule has 0 bridgehead atoms. The number of carbonyl (C=O) groups is 1. The van der Waals surface area contributed by atoms with E-state index < -0.39 is 0 Å². The van der Waals surface area contributed by atoms with Gasteiger partial charge >= 0.3 is 0 Å². The van der Waals surface area contributed by atoms with E-state index in [-0.39, 0.29) is 11.8 Å². The van der Waals surface area contributed by atoms with Crippen molar-refractivity contribution >= 4 is 16.9 Å². The van der Waals surface area contributed by atoms with Crippen molar-refractivity contribution < 1.29 is 4.79 Å². The highest BCUT2D eigenvalue weighted by Gasteiger charge is 2.28. The molecular weight excluding hydrogens is 300 g/mol. The number of aryl methyl sites for hydroxylation is 2. The third-order valence-electron chi connectivity index (χ3n) is 4.99. The molecule has 0 spiro atoms. The molecule has 4 rings (SSSR count). The monoisotopic (exact) mass is 322 g/mol. The summed E-state index contributed by atoms with van der Waals surface area (Å²) in [5.41, 5.74) is 4.05. The highest BCUT2D eigenvalue weighted by atomic mass is 16.2. The van der Waals surface area contributed by atoms with Crippen LogP contribution >= 0.6 is 0 Å². The number of piperidine rings is 1. The number of fused-ring (bicyclic) bond motifs is 1. The third-order valence-corrected chi connectivity index (χ3v) is 4.99. The quantitative estimate of drug-likeness (QED) is 0.787. The Morgan fingerprint density at radius 2 is 2.17 bits per heavy atom. The van der Waals surface area contributed by atoms with Gasteiger partial charge in [-0.15, -0.1) is 0 Å². The minimum absolute atomic E-state index is 0.111. The predicted molar refractivity (Wildman–Crippen MR) is 94.1 cm³/mol. The zero-order valence-electron chi connectivity index (χ0n) is 14.1. The molecule has 1 aliphatic rings. The first-order valence-electron chi connectivity index (χ1n) is 8.49. The summed E-state index contributed by atoms with van der Waals surface area (Å²) >= 11 is 0. The summed E-state index contributed by atoms with van der Waals surface area (Å²) in [5.74, 6) is 1.39. The Labute approximate surface area is 141 Å². The molecule has 0 aliphatic carbocycles. The number of rotatable bonds is 2. The SMILES string of the molecule is Cc1cccc2[nH]c([C@H]3CCCN(C(=O)c4cccn4C)C3)nc12. The number of nitrogens with zero attached hydrogens (tertiary/aromatic N) is 3. The van der Waals surface area contributed by atoms with Crippen LogP contribution in [0.1, 0.15) is 40.6 Å². The lowest BCUT2D eigenvalue weighted by Crippen LogP contribution is -2.40. The van der Waals surface area contributed by atoms with E-state index >= 15 is 0 Å². The maximum absolute atomic E-state index is 12.8. The molecule has 24 heavy (non-hydrogen) atoms. The number of aromatic amines is 1. The van der Waals surface area contributed by atoms with Gasteiger partial charge in [0.05, 0.1) is 11.0 Å². The van der Waals surface area contributed by atoms with Crippen molar-refractivity contribution in [2.45, 2.75) is 25.7 Å². The van der Waals surface area contributed by atoms with Gasteiger partial charge < -0.3 is 14.5 Å². The molecule has 1 aliphatic heterocycles. The second-order valence-corrected chi connectivity index (χ2v) is 6.69. The number of nitrogens with one attached hydrogen (secondary N) is 1. The second-order valence-electron chi connectivity index (χ2n) is 6.69. The number of likely N-dealkylation sites (tertiary alicyclic amines) is 1. The van der Waals surface area contributed by atoms with E-state index in [4.69, 9.17) is 4.98 Å².